The average Bonchev–Trinajstić information content (AvgIpc) is 2.21. The van der Waals surface area contributed by atoms with E-state index < -0.39 is 11.0 Å². The number of carbonyl (C=O) groups is 1. The van der Waals surface area contributed by atoms with Crippen LogP contribution in [0.15, 0.2) is 29.2 Å². The second-order valence-corrected chi connectivity index (χ2v) is 3.44. The van der Waals surface area contributed by atoms with Gasteiger partial charge < -0.3 is 0 Å². The zero-order chi connectivity index (χ0) is 11.1. The van der Waals surface area contributed by atoms with Gasteiger partial charge in [0.2, 0.25) is 0 Å². The first-order chi connectivity index (χ1) is 6.61. The molecule has 0 aromatic heterocycles. The van der Waals surface area contributed by atoms with Crippen LogP contribution in [0.3, 0.4) is 0 Å². The van der Waals surface area contributed by atoms with Gasteiger partial charge in [-0.3, -0.25) is 4.79 Å². The van der Waals surface area contributed by atoms with Crippen LogP contribution < -0.4 is 5.14 Å². The number of hydrogen-bond acceptors (Lipinski definition) is 2. The number of ketones is 1. The third-order valence-corrected chi connectivity index (χ3v) is 2.23. The molecule has 0 fully saturated rings. The third kappa shape index (κ3) is 3.81. The first-order valence-corrected chi connectivity index (χ1v) is 5.59. The van der Waals surface area contributed by atoms with Crippen molar-refractivity contribution in [1.29, 1.82) is 0 Å². The van der Waals surface area contributed by atoms with Gasteiger partial charge in [0.25, 0.3) is 0 Å². The molecule has 0 aliphatic heterocycles. The number of rotatable bonds is 2. The molecule has 14 heavy (non-hydrogen) atoms. The SMILES string of the molecule is CC.CC(=O)c1ccc(S(N)=O)cc1. The van der Waals surface area contributed by atoms with Crippen LogP contribution in [0.25, 0.3) is 0 Å². The van der Waals surface area contributed by atoms with Crippen LogP contribution in [-0.2, 0) is 11.0 Å². The molecule has 0 radical (unpaired) electrons. The lowest BCUT2D eigenvalue weighted by molar-refractivity contribution is 0.101. The maximum atomic E-state index is 10.8. The number of benzene rings is 1. The van der Waals surface area contributed by atoms with Crippen molar-refractivity contribution in [3.63, 3.8) is 0 Å². The van der Waals surface area contributed by atoms with Crippen LogP contribution in [0.2, 0.25) is 0 Å². The van der Waals surface area contributed by atoms with Gasteiger partial charge in [0, 0.05) is 5.56 Å². The minimum Gasteiger partial charge on any atom is -0.295 e. The Morgan fingerprint density at radius 3 is 1.93 bits per heavy atom. The maximum Gasteiger partial charge on any atom is 0.159 e. The molecule has 1 atom stereocenters. The number of Topliss-reactive ketones (excluding diaryl/α,β-unsaturated/α-hetero) is 1. The molecule has 1 aromatic rings. The van der Waals surface area contributed by atoms with E-state index in [4.69, 9.17) is 5.14 Å². The van der Waals surface area contributed by atoms with E-state index >= 15 is 0 Å². The summed E-state index contributed by atoms with van der Waals surface area (Å²) in [5.41, 5.74) is 0.601. The Morgan fingerprint density at radius 2 is 1.64 bits per heavy atom. The van der Waals surface area contributed by atoms with Gasteiger partial charge in [-0.05, 0) is 19.1 Å². The molecule has 0 saturated carbocycles. The predicted octanol–water partition coefficient (Wildman–Crippen LogP) is 1.90. The predicted molar refractivity (Wildman–Crippen MR) is 58.4 cm³/mol. The van der Waals surface area contributed by atoms with Gasteiger partial charge >= 0.3 is 0 Å². The highest BCUT2D eigenvalue weighted by molar-refractivity contribution is 7.82. The molecule has 78 valence electrons. The minimum atomic E-state index is -1.46. The zero-order valence-corrected chi connectivity index (χ0v) is 9.43. The summed E-state index contributed by atoms with van der Waals surface area (Å²) in [6.07, 6.45) is 0. The summed E-state index contributed by atoms with van der Waals surface area (Å²) in [6.45, 7) is 5.48. The molecule has 0 bridgehead atoms. The topological polar surface area (TPSA) is 60.2 Å². The van der Waals surface area contributed by atoms with Gasteiger partial charge in [-0.2, -0.15) is 0 Å². The van der Waals surface area contributed by atoms with E-state index in [1.165, 1.54) is 6.92 Å². The van der Waals surface area contributed by atoms with E-state index in [2.05, 4.69) is 0 Å². The van der Waals surface area contributed by atoms with Crippen molar-refractivity contribution in [3.8, 4) is 0 Å². The summed E-state index contributed by atoms with van der Waals surface area (Å²) in [5, 5.41) is 5.13. The van der Waals surface area contributed by atoms with E-state index in [1.54, 1.807) is 24.3 Å². The monoisotopic (exact) mass is 213 g/mol. The highest BCUT2D eigenvalue weighted by Crippen LogP contribution is 2.06. The standard InChI is InChI=1S/C8H9NO2S.C2H6/c1-6(10)7-2-4-8(5-3-7)12(9)11;1-2/h2-5H,9H2,1H3;1-2H3. The Kier molecular flexibility index (Phi) is 5.99. The highest BCUT2D eigenvalue weighted by atomic mass is 32.2. The molecule has 1 aromatic carbocycles. The maximum absolute atomic E-state index is 10.8. The van der Waals surface area contributed by atoms with Crippen LogP contribution >= 0.6 is 0 Å². The zero-order valence-electron chi connectivity index (χ0n) is 8.61. The lowest BCUT2D eigenvalue weighted by atomic mass is 10.2. The molecule has 0 spiro atoms. The quantitative estimate of drug-likeness (QED) is 0.763. The molecule has 1 rings (SSSR count). The summed E-state index contributed by atoms with van der Waals surface area (Å²) < 4.78 is 10.7. The van der Waals surface area contributed by atoms with Gasteiger partial charge in [0.05, 0.1) is 4.90 Å². The molecule has 3 nitrogen and oxygen atoms in total. The Morgan fingerprint density at radius 1 is 1.21 bits per heavy atom. The van der Waals surface area contributed by atoms with Crippen LogP contribution in [0.1, 0.15) is 31.1 Å². The largest absolute Gasteiger partial charge is 0.295 e. The number of carbonyl (C=O) groups excluding carboxylic acids is 1. The number of nitrogens with two attached hydrogens (primary N) is 1. The van der Waals surface area contributed by atoms with Gasteiger partial charge in [0.1, 0.15) is 11.0 Å². The molecule has 0 aliphatic rings. The van der Waals surface area contributed by atoms with Crippen molar-refractivity contribution in [2.75, 3.05) is 0 Å². The summed E-state index contributed by atoms with van der Waals surface area (Å²) in [4.78, 5) is 11.3. The van der Waals surface area contributed by atoms with Crippen LogP contribution in [0, 0.1) is 0 Å². The summed E-state index contributed by atoms with van der Waals surface area (Å²) in [6, 6.07) is 6.41. The Balaban J connectivity index is 0.000000791. The first-order valence-electron chi connectivity index (χ1n) is 4.38. The fourth-order valence-electron chi connectivity index (χ4n) is 0.824. The minimum absolute atomic E-state index is 0.00986. The van der Waals surface area contributed by atoms with Crippen LogP contribution in [-0.4, -0.2) is 9.99 Å². The van der Waals surface area contributed by atoms with E-state index in [0.717, 1.165) is 0 Å². The normalized spacial score (nSPS) is 11.1. The lowest BCUT2D eigenvalue weighted by Crippen LogP contribution is -2.02. The Hall–Kier alpha value is -1.00. The molecule has 0 aliphatic carbocycles. The van der Waals surface area contributed by atoms with Crippen LogP contribution in [0.4, 0.5) is 0 Å². The van der Waals surface area contributed by atoms with Gasteiger partial charge in [0.15, 0.2) is 5.78 Å². The van der Waals surface area contributed by atoms with E-state index in [9.17, 15) is 9.00 Å². The Bertz CT molecular complexity index is 286. The fourth-order valence-corrected chi connectivity index (χ4v) is 1.23. The van der Waals surface area contributed by atoms with Gasteiger partial charge in [-0.1, -0.05) is 26.0 Å². The summed E-state index contributed by atoms with van der Waals surface area (Å²) in [5.74, 6) is -0.00986. The van der Waals surface area contributed by atoms with Crippen molar-refractivity contribution in [2.24, 2.45) is 5.14 Å². The second-order valence-electron chi connectivity index (χ2n) is 2.38. The molecule has 0 amide bonds. The van der Waals surface area contributed by atoms with Crippen molar-refractivity contribution in [1.82, 2.24) is 0 Å². The van der Waals surface area contributed by atoms with E-state index in [0.29, 0.717) is 10.5 Å². The van der Waals surface area contributed by atoms with Crippen molar-refractivity contribution >= 4 is 16.8 Å². The first kappa shape index (κ1) is 13.0. The smallest absolute Gasteiger partial charge is 0.159 e. The Labute approximate surface area is 86.9 Å². The fraction of sp³-hybridized carbons (Fsp3) is 0.300. The van der Waals surface area contributed by atoms with E-state index in [1.807, 2.05) is 13.8 Å². The molecular formula is C10H15NO2S. The van der Waals surface area contributed by atoms with Gasteiger partial charge in [-0.25, -0.2) is 9.35 Å². The van der Waals surface area contributed by atoms with Crippen molar-refractivity contribution in [2.45, 2.75) is 25.7 Å². The molecule has 1 unspecified atom stereocenters. The molecular weight excluding hydrogens is 198 g/mol. The summed E-state index contributed by atoms with van der Waals surface area (Å²) >= 11 is 0. The van der Waals surface area contributed by atoms with E-state index in [-0.39, 0.29) is 5.78 Å². The molecule has 0 heterocycles. The lowest BCUT2D eigenvalue weighted by Gasteiger charge is -1.96. The molecule has 4 heteroatoms. The molecule has 0 saturated heterocycles. The number of hydrogen-bond donors (Lipinski definition) is 1. The van der Waals surface area contributed by atoms with Gasteiger partial charge in [-0.15, -0.1) is 0 Å². The van der Waals surface area contributed by atoms with Crippen molar-refractivity contribution in [3.05, 3.63) is 29.8 Å². The third-order valence-electron chi connectivity index (χ3n) is 1.49. The van der Waals surface area contributed by atoms with Crippen LogP contribution in [0.5, 0.6) is 0 Å². The average molecular weight is 213 g/mol. The highest BCUT2D eigenvalue weighted by Gasteiger charge is 2.00. The molecule has 2 N–H and O–H groups in total. The second kappa shape index (κ2) is 6.45. The van der Waals surface area contributed by atoms with Crippen molar-refractivity contribution < 1.29 is 9.00 Å². The summed E-state index contributed by atoms with van der Waals surface area (Å²) in [7, 11) is -1.46.